The minimum absolute atomic E-state index is 0.161. The summed E-state index contributed by atoms with van der Waals surface area (Å²) in [5.74, 6) is -0.838. The number of rotatable bonds is 12. The maximum atomic E-state index is 11.5. The smallest absolute Gasteiger partial charge is 0.318 e. The van der Waals surface area contributed by atoms with E-state index in [1.54, 1.807) is 0 Å². The van der Waals surface area contributed by atoms with Crippen molar-refractivity contribution in [1.82, 2.24) is 0 Å². The molecule has 6 nitrogen and oxygen atoms in total. The first-order valence-corrected chi connectivity index (χ1v) is 13.6. The minimum Gasteiger partial charge on any atom is -0.318 e. The van der Waals surface area contributed by atoms with Gasteiger partial charge in [-0.15, -0.1) is 0 Å². The first-order valence-electron chi connectivity index (χ1n) is 13.6. The summed E-state index contributed by atoms with van der Waals surface area (Å²) in [4.78, 5) is 32.9. The van der Waals surface area contributed by atoms with E-state index >= 15 is 0 Å². The Morgan fingerprint density at radius 3 is 1.70 bits per heavy atom. The second-order valence-corrected chi connectivity index (χ2v) is 9.72. The molecule has 0 bridgehead atoms. The van der Waals surface area contributed by atoms with Crippen molar-refractivity contribution in [2.75, 3.05) is 0 Å². The van der Waals surface area contributed by atoms with Gasteiger partial charge < -0.3 is 9.68 Å². The van der Waals surface area contributed by atoms with E-state index in [2.05, 4.69) is 67.5 Å². The Morgan fingerprint density at radius 1 is 0.730 bits per heavy atom. The van der Waals surface area contributed by atoms with Crippen LogP contribution in [0, 0.1) is 0 Å². The molecule has 0 aromatic heterocycles. The Morgan fingerprint density at radius 2 is 1.24 bits per heavy atom. The van der Waals surface area contributed by atoms with Crippen LogP contribution in [0.2, 0.25) is 0 Å². The van der Waals surface area contributed by atoms with Gasteiger partial charge in [-0.05, 0) is 77.6 Å². The SMILES string of the molecule is CCCCCCC(=NOC(C)=O)c1ccc2c(c1)C(CC)(CC)c1cc(C(CC)=NOC(C)=O)ccc1-2. The van der Waals surface area contributed by atoms with Crippen LogP contribution in [0.15, 0.2) is 46.7 Å². The normalized spacial score (nSPS) is 14.2. The van der Waals surface area contributed by atoms with Crippen molar-refractivity contribution in [3.8, 4) is 11.1 Å². The van der Waals surface area contributed by atoms with E-state index in [9.17, 15) is 9.59 Å². The number of fused-ring (bicyclic) bond motifs is 3. The third kappa shape index (κ3) is 6.17. The van der Waals surface area contributed by atoms with Crippen LogP contribution in [0.4, 0.5) is 0 Å². The quantitative estimate of drug-likeness (QED) is 0.128. The fraction of sp³-hybridized carbons (Fsp3) is 0.484. The van der Waals surface area contributed by atoms with Crippen LogP contribution < -0.4 is 0 Å². The van der Waals surface area contributed by atoms with Crippen molar-refractivity contribution in [2.45, 2.75) is 98.3 Å². The van der Waals surface area contributed by atoms with Crippen LogP contribution in [0.25, 0.3) is 11.1 Å². The third-order valence-electron chi connectivity index (χ3n) is 7.40. The average molecular weight is 505 g/mol. The van der Waals surface area contributed by atoms with Crippen LogP contribution >= 0.6 is 0 Å². The molecule has 3 rings (SSSR count). The minimum atomic E-state index is -0.426. The number of carbonyl (C=O) groups excluding carboxylic acids is 2. The van der Waals surface area contributed by atoms with Crippen molar-refractivity contribution >= 4 is 23.4 Å². The van der Waals surface area contributed by atoms with E-state index in [4.69, 9.17) is 9.68 Å². The number of hydrogen-bond acceptors (Lipinski definition) is 6. The highest BCUT2D eigenvalue weighted by Crippen LogP contribution is 2.53. The molecule has 0 spiro atoms. The zero-order valence-corrected chi connectivity index (χ0v) is 23.1. The lowest BCUT2D eigenvalue weighted by Gasteiger charge is -2.30. The molecule has 0 fully saturated rings. The molecule has 0 heterocycles. The topological polar surface area (TPSA) is 77.3 Å². The van der Waals surface area contributed by atoms with Crippen molar-refractivity contribution < 1.29 is 19.3 Å². The number of hydrogen-bond donors (Lipinski definition) is 0. The number of benzene rings is 2. The fourth-order valence-corrected chi connectivity index (χ4v) is 5.39. The maximum absolute atomic E-state index is 11.5. The van der Waals surface area contributed by atoms with E-state index in [0.717, 1.165) is 61.1 Å². The Bertz CT molecular complexity index is 1190. The molecule has 0 N–H and O–H groups in total. The molecule has 37 heavy (non-hydrogen) atoms. The number of carbonyl (C=O) groups is 2. The lowest BCUT2D eigenvalue weighted by Crippen LogP contribution is -2.24. The van der Waals surface area contributed by atoms with Gasteiger partial charge in [0.25, 0.3) is 0 Å². The number of oxime groups is 2. The third-order valence-corrected chi connectivity index (χ3v) is 7.40. The summed E-state index contributed by atoms with van der Waals surface area (Å²) in [6, 6.07) is 13.0. The van der Waals surface area contributed by atoms with E-state index in [-0.39, 0.29) is 5.41 Å². The summed E-state index contributed by atoms with van der Waals surface area (Å²) in [5.41, 5.74) is 8.36. The van der Waals surface area contributed by atoms with Crippen LogP contribution in [0.3, 0.4) is 0 Å². The predicted octanol–water partition coefficient (Wildman–Crippen LogP) is 7.69. The van der Waals surface area contributed by atoms with Gasteiger partial charge in [0, 0.05) is 19.3 Å². The molecule has 1 aliphatic carbocycles. The van der Waals surface area contributed by atoms with Crippen LogP contribution in [-0.4, -0.2) is 23.4 Å². The molecule has 0 saturated heterocycles. The molecule has 0 radical (unpaired) electrons. The van der Waals surface area contributed by atoms with Crippen LogP contribution in [0.1, 0.15) is 115 Å². The summed E-state index contributed by atoms with van der Waals surface area (Å²) in [6.07, 6.45) is 7.76. The molecule has 0 saturated carbocycles. The summed E-state index contributed by atoms with van der Waals surface area (Å²) < 4.78 is 0. The Hall–Kier alpha value is -3.28. The number of unbranched alkanes of at least 4 members (excludes halogenated alkanes) is 3. The monoisotopic (exact) mass is 504 g/mol. The second-order valence-electron chi connectivity index (χ2n) is 9.72. The van der Waals surface area contributed by atoms with Gasteiger partial charge in [0.2, 0.25) is 0 Å². The molecule has 6 heteroatoms. The predicted molar refractivity (Wildman–Crippen MR) is 149 cm³/mol. The molecular weight excluding hydrogens is 464 g/mol. The zero-order valence-electron chi connectivity index (χ0n) is 23.1. The summed E-state index contributed by atoms with van der Waals surface area (Å²) in [6.45, 7) is 11.4. The molecule has 1 aliphatic rings. The Labute approximate surface area is 221 Å². The van der Waals surface area contributed by atoms with Crippen molar-refractivity contribution in [2.24, 2.45) is 10.3 Å². The van der Waals surface area contributed by atoms with E-state index in [1.165, 1.54) is 42.5 Å². The lowest BCUT2D eigenvalue weighted by atomic mass is 9.73. The molecular formula is C31H40N2O4. The number of nitrogens with zero attached hydrogens (tertiary/aromatic N) is 2. The first kappa shape index (κ1) is 28.3. The molecule has 198 valence electrons. The highest BCUT2D eigenvalue weighted by Gasteiger charge is 2.41. The first-order chi connectivity index (χ1) is 17.8. The summed E-state index contributed by atoms with van der Waals surface area (Å²) in [5, 5.41) is 8.37. The van der Waals surface area contributed by atoms with Gasteiger partial charge in [0.15, 0.2) is 0 Å². The highest BCUT2D eigenvalue weighted by molar-refractivity contribution is 6.03. The van der Waals surface area contributed by atoms with Crippen LogP contribution in [0.5, 0.6) is 0 Å². The van der Waals surface area contributed by atoms with E-state index in [1.807, 2.05) is 6.92 Å². The lowest BCUT2D eigenvalue weighted by molar-refractivity contribution is -0.141. The van der Waals surface area contributed by atoms with Gasteiger partial charge in [-0.25, -0.2) is 9.59 Å². The Kier molecular flexibility index (Phi) is 9.79. The van der Waals surface area contributed by atoms with Gasteiger partial charge >= 0.3 is 11.9 Å². The second kappa shape index (κ2) is 12.8. The largest absolute Gasteiger partial charge is 0.331 e. The van der Waals surface area contributed by atoms with E-state index < -0.39 is 11.9 Å². The zero-order chi connectivity index (χ0) is 27.0. The van der Waals surface area contributed by atoms with Crippen molar-refractivity contribution in [3.63, 3.8) is 0 Å². The maximum Gasteiger partial charge on any atom is 0.331 e. The molecule has 0 atom stereocenters. The summed E-state index contributed by atoms with van der Waals surface area (Å²) >= 11 is 0. The van der Waals surface area contributed by atoms with Gasteiger partial charge in [-0.1, -0.05) is 81.5 Å². The Balaban J connectivity index is 2.08. The fourth-order valence-electron chi connectivity index (χ4n) is 5.39. The van der Waals surface area contributed by atoms with E-state index in [0.29, 0.717) is 6.42 Å². The summed E-state index contributed by atoms with van der Waals surface area (Å²) in [7, 11) is 0. The van der Waals surface area contributed by atoms with Gasteiger partial charge in [0.05, 0.1) is 11.4 Å². The molecule has 0 amide bonds. The molecule has 0 unspecified atom stereocenters. The highest BCUT2D eigenvalue weighted by atomic mass is 16.7. The van der Waals surface area contributed by atoms with Crippen LogP contribution in [-0.2, 0) is 24.7 Å². The van der Waals surface area contributed by atoms with Crippen molar-refractivity contribution in [3.05, 3.63) is 58.7 Å². The standard InChI is InChI=1S/C31H40N2O4/c1-7-11-12-13-14-30(33-37-22(6)35)24-16-18-26-25-17-15-23(29(8-2)32-36-21(5)34)19-27(25)31(9-3,10-4)28(26)20-24/h15-20H,7-14H2,1-6H3. The molecule has 2 aromatic rings. The van der Waals surface area contributed by atoms with Crippen molar-refractivity contribution in [1.29, 1.82) is 0 Å². The average Bonchev–Trinajstić information content (AvgIpc) is 3.17. The van der Waals surface area contributed by atoms with Gasteiger partial charge in [-0.3, -0.25) is 0 Å². The van der Waals surface area contributed by atoms with Gasteiger partial charge in [0.1, 0.15) is 0 Å². The van der Waals surface area contributed by atoms with Gasteiger partial charge in [-0.2, -0.15) is 0 Å². The molecule has 2 aromatic carbocycles. The molecule has 0 aliphatic heterocycles.